The molecule has 1 amide bonds. The molecule has 0 radical (unpaired) electrons. The Morgan fingerprint density at radius 1 is 1.30 bits per heavy atom. The number of amides is 1. The topological polar surface area (TPSA) is 58.6 Å². The first kappa shape index (κ1) is 18.1. The van der Waals surface area contributed by atoms with E-state index < -0.39 is 0 Å². The van der Waals surface area contributed by atoms with Gasteiger partial charge in [-0.25, -0.2) is 0 Å². The van der Waals surface area contributed by atoms with Gasteiger partial charge in [-0.2, -0.15) is 0 Å². The van der Waals surface area contributed by atoms with E-state index >= 15 is 0 Å². The Labute approximate surface area is 160 Å². The molecule has 3 heterocycles. The van der Waals surface area contributed by atoms with Crippen molar-refractivity contribution in [2.24, 2.45) is 5.92 Å². The zero-order valence-electron chi connectivity index (χ0n) is 15.9. The molecule has 2 aromatic rings. The molecule has 2 fully saturated rings. The van der Waals surface area contributed by atoms with Gasteiger partial charge >= 0.3 is 0 Å². The van der Waals surface area contributed by atoms with Gasteiger partial charge in [-0.1, -0.05) is 13.3 Å². The van der Waals surface area contributed by atoms with Gasteiger partial charge in [-0.3, -0.25) is 9.69 Å². The lowest BCUT2D eigenvalue weighted by molar-refractivity contribution is -0.116. The lowest BCUT2D eigenvalue weighted by Gasteiger charge is -2.33. The molecule has 1 saturated carbocycles. The average molecular weight is 368 g/mol. The Hall–Kier alpha value is -2.27. The molecule has 1 N–H and O–H groups in total. The lowest BCUT2D eigenvalue weighted by atomic mass is 10.1. The fraction of sp³-hybridized carbons (Fsp3) is 0.500. The van der Waals surface area contributed by atoms with Crippen LogP contribution in [0.15, 0.2) is 45.4 Å². The molecule has 3 atom stereocenters. The largest absolute Gasteiger partial charge is 0.468 e. The number of likely N-dealkylation sites (tertiary alicyclic amines) is 1. The highest BCUT2D eigenvalue weighted by Gasteiger charge is 2.36. The van der Waals surface area contributed by atoms with Crippen molar-refractivity contribution in [2.75, 3.05) is 19.6 Å². The molecule has 5 nitrogen and oxygen atoms in total. The third-order valence-electron chi connectivity index (χ3n) is 5.69. The summed E-state index contributed by atoms with van der Waals surface area (Å²) in [5, 5.41) is 3.02. The van der Waals surface area contributed by atoms with Crippen molar-refractivity contribution < 1.29 is 13.6 Å². The maximum absolute atomic E-state index is 12.3. The van der Waals surface area contributed by atoms with Gasteiger partial charge in [0, 0.05) is 18.5 Å². The first-order chi connectivity index (χ1) is 13.2. The minimum atomic E-state index is -0.110. The minimum Gasteiger partial charge on any atom is -0.468 e. The van der Waals surface area contributed by atoms with E-state index in [4.69, 9.17) is 8.83 Å². The van der Waals surface area contributed by atoms with Crippen LogP contribution in [0.2, 0.25) is 0 Å². The van der Waals surface area contributed by atoms with Crippen molar-refractivity contribution in [1.29, 1.82) is 0 Å². The predicted octanol–water partition coefficient (Wildman–Crippen LogP) is 4.35. The summed E-state index contributed by atoms with van der Waals surface area (Å²) in [6.45, 7) is 4.87. The van der Waals surface area contributed by atoms with Crippen molar-refractivity contribution in [3.63, 3.8) is 0 Å². The van der Waals surface area contributed by atoms with E-state index in [1.54, 1.807) is 18.4 Å². The van der Waals surface area contributed by atoms with Crippen LogP contribution in [-0.4, -0.2) is 30.4 Å². The Morgan fingerprint density at radius 3 is 2.81 bits per heavy atom. The van der Waals surface area contributed by atoms with E-state index in [0.717, 1.165) is 30.4 Å². The number of nitrogens with one attached hydrogen (secondary N) is 1. The van der Waals surface area contributed by atoms with E-state index in [-0.39, 0.29) is 11.9 Å². The smallest absolute Gasteiger partial charge is 0.244 e. The highest BCUT2D eigenvalue weighted by molar-refractivity contribution is 5.91. The number of piperidine rings is 1. The molecule has 0 bridgehead atoms. The van der Waals surface area contributed by atoms with E-state index in [9.17, 15) is 4.79 Å². The zero-order chi connectivity index (χ0) is 18.6. The number of rotatable bonds is 7. The van der Waals surface area contributed by atoms with Gasteiger partial charge in [0.05, 0.1) is 12.3 Å². The quantitative estimate of drug-likeness (QED) is 0.738. The molecule has 2 aromatic heterocycles. The molecule has 27 heavy (non-hydrogen) atoms. The summed E-state index contributed by atoms with van der Waals surface area (Å²) < 4.78 is 11.4. The van der Waals surface area contributed by atoms with Crippen LogP contribution in [-0.2, 0) is 4.79 Å². The van der Waals surface area contributed by atoms with Crippen molar-refractivity contribution in [3.05, 3.63) is 53.9 Å². The fourth-order valence-corrected chi connectivity index (χ4v) is 3.91. The maximum atomic E-state index is 12.3. The molecule has 1 saturated heterocycles. The van der Waals surface area contributed by atoms with Crippen LogP contribution in [0.3, 0.4) is 0 Å². The molecule has 1 aliphatic heterocycles. The summed E-state index contributed by atoms with van der Waals surface area (Å²) in [4.78, 5) is 14.7. The number of hydrogen-bond acceptors (Lipinski definition) is 4. The molecular weight excluding hydrogens is 340 g/mol. The van der Waals surface area contributed by atoms with E-state index in [0.29, 0.717) is 18.4 Å². The monoisotopic (exact) mass is 368 g/mol. The second-order valence-corrected chi connectivity index (χ2v) is 7.77. The fourth-order valence-electron chi connectivity index (χ4n) is 3.91. The Kier molecular flexibility index (Phi) is 5.48. The third-order valence-corrected chi connectivity index (χ3v) is 5.69. The minimum absolute atomic E-state index is 0.0872. The van der Waals surface area contributed by atoms with Crippen molar-refractivity contribution in [1.82, 2.24) is 10.2 Å². The summed E-state index contributed by atoms with van der Waals surface area (Å²) in [6, 6.07) is 7.94. The van der Waals surface area contributed by atoms with Crippen LogP contribution >= 0.6 is 0 Å². The van der Waals surface area contributed by atoms with E-state index in [1.165, 1.54) is 25.7 Å². The van der Waals surface area contributed by atoms with Gasteiger partial charge in [0.2, 0.25) is 5.91 Å². The molecule has 3 unspecified atom stereocenters. The van der Waals surface area contributed by atoms with Gasteiger partial charge in [0.15, 0.2) is 0 Å². The van der Waals surface area contributed by atoms with Gasteiger partial charge in [0.1, 0.15) is 17.3 Å². The van der Waals surface area contributed by atoms with E-state index in [1.807, 2.05) is 24.3 Å². The second kappa shape index (κ2) is 8.17. The summed E-state index contributed by atoms with van der Waals surface area (Å²) in [5.41, 5.74) is 0. The number of carbonyl (C=O) groups is 1. The summed E-state index contributed by atoms with van der Waals surface area (Å²) in [6.07, 6.45) is 9.87. The molecule has 1 aliphatic carbocycles. The van der Waals surface area contributed by atoms with Crippen molar-refractivity contribution in [3.8, 4) is 0 Å². The van der Waals surface area contributed by atoms with Crippen molar-refractivity contribution in [2.45, 2.75) is 44.6 Å². The van der Waals surface area contributed by atoms with Crippen LogP contribution in [0.5, 0.6) is 0 Å². The number of furan rings is 2. The second-order valence-electron chi connectivity index (χ2n) is 7.77. The molecule has 0 aromatic carbocycles. The molecule has 2 aliphatic rings. The number of carbonyl (C=O) groups excluding carboxylic acids is 1. The van der Waals surface area contributed by atoms with Crippen molar-refractivity contribution >= 4 is 12.0 Å². The van der Waals surface area contributed by atoms with Crippen LogP contribution in [0.25, 0.3) is 6.08 Å². The molecule has 0 spiro atoms. The summed E-state index contributed by atoms with van der Waals surface area (Å²) in [7, 11) is 0. The normalized spacial score (nSPS) is 24.2. The van der Waals surface area contributed by atoms with Gasteiger partial charge in [-0.15, -0.1) is 0 Å². The Bertz CT molecular complexity index is 771. The lowest BCUT2D eigenvalue weighted by Crippen LogP contribution is -2.40. The van der Waals surface area contributed by atoms with Crippen LogP contribution in [0, 0.1) is 5.92 Å². The standard InChI is InChI=1S/C22H28N2O3/c1-16-14-18(16)20-9-7-17(27-20)8-10-22(25)23-15-19(21-6-5-13-26-21)24-11-3-2-4-12-24/h5-10,13,16,18-19H,2-4,11-12,14-15H2,1H3,(H,23,25)/b10-8+. The number of nitrogens with zero attached hydrogens (tertiary/aromatic N) is 1. The first-order valence-corrected chi connectivity index (χ1v) is 10.0. The van der Waals surface area contributed by atoms with Gasteiger partial charge < -0.3 is 14.2 Å². The first-order valence-electron chi connectivity index (χ1n) is 10.0. The summed E-state index contributed by atoms with van der Waals surface area (Å²) in [5.74, 6) is 3.84. The highest BCUT2D eigenvalue weighted by Crippen LogP contribution is 2.47. The maximum Gasteiger partial charge on any atom is 0.244 e. The van der Waals surface area contributed by atoms with Crippen LogP contribution in [0.4, 0.5) is 0 Å². The Morgan fingerprint density at radius 2 is 2.11 bits per heavy atom. The average Bonchev–Trinajstić information content (AvgIpc) is 3.10. The predicted molar refractivity (Wildman–Crippen MR) is 104 cm³/mol. The van der Waals surface area contributed by atoms with E-state index in [2.05, 4.69) is 17.1 Å². The van der Waals surface area contributed by atoms with Gasteiger partial charge in [0.25, 0.3) is 0 Å². The van der Waals surface area contributed by atoms with Crippen LogP contribution in [0.1, 0.15) is 61.8 Å². The molecule has 144 valence electrons. The Balaban J connectivity index is 1.33. The highest BCUT2D eigenvalue weighted by atomic mass is 16.3. The third kappa shape index (κ3) is 4.53. The molecule has 4 rings (SSSR count). The zero-order valence-corrected chi connectivity index (χ0v) is 15.9. The van der Waals surface area contributed by atoms with Crippen LogP contribution < -0.4 is 5.32 Å². The van der Waals surface area contributed by atoms with Gasteiger partial charge in [-0.05, 0) is 68.6 Å². The summed E-state index contributed by atoms with van der Waals surface area (Å²) >= 11 is 0. The molecule has 5 heteroatoms. The number of hydrogen-bond donors (Lipinski definition) is 1. The molecular formula is C22H28N2O3. The SMILES string of the molecule is CC1CC1c1ccc(/C=C/C(=O)NCC(c2ccco2)N2CCCCC2)o1.